The van der Waals surface area contributed by atoms with Gasteiger partial charge in [0, 0.05) is 23.8 Å². The summed E-state index contributed by atoms with van der Waals surface area (Å²) < 4.78 is 10.9. The average molecular weight is 271 g/mol. The Morgan fingerprint density at radius 1 is 1.11 bits per heavy atom. The van der Waals surface area contributed by atoms with Gasteiger partial charge in [0.1, 0.15) is 0 Å². The van der Waals surface area contributed by atoms with Crippen LogP contribution in [0.5, 0.6) is 0 Å². The van der Waals surface area contributed by atoms with Crippen LogP contribution in [0.2, 0.25) is 5.02 Å². The molecule has 0 bridgehead atoms. The van der Waals surface area contributed by atoms with Crippen molar-refractivity contribution >= 4 is 17.4 Å². The summed E-state index contributed by atoms with van der Waals surface area (Å²) >= 11 is 5.79. The van der Waals surface area contributed by atoms with Crippen molar-refractivity contribution in [2.45, 2.75) is 33.0 Å². The molecule has 1 aromatic carbocycles. The quantitative estimate of drug-likeness (QED) is 0.534. The zero-order valence-corrected chi connectivity index (χ0v) is 11.6. The molecule has 0 radical (unpaired) electrons. The van der Waals surface area contributed by atoms with Gasteiger partial charge in [-0.25, -0.2) is 0 Å². The lowest BCUT2D eigenvalue weighted by Crippen LogP contribution is -2.28. The van der Waals surface area contributed by atoms with Crippen molar-refractivity contribution in [3.63, 3.8) is 0 Å². The van der Waals surface area contributed by atoms with Gasteiger partial charge < -0.3 is 9.47 Å². The van der Waals surface area contributed by atoms with E-state index < -0.39 is 6.29 Å². The summed E-state index contributed by atoms with van der Waals surface area (Å²) in [5.41, 5.74) is 0.552. The van der Waals surface area contributed by atoms with Crippen LogP contribution in [0.3, 0.4) is 0 Å². The van der Waals surface area contributed by atoms with Crippen LogP contribution in [-0.4, -0.2) is 25.3 Å². The lowest BCUT2D eigenvalue weighted by Gasteiger charge is -2.16. The standard InChI is InChI=1S/C14H19ClO3/c1-3-9-17-14(18-10-4-2)13(16)11-5-7-12(15)8-6-11/h5-8,14H,3-4,9-10H2,1-2H3. The molecule has 0 fully saturated rings. The minimum atomic E-state index is -0.814. The normalized spacial score (nSPS) is 10.9. The molecule has 0 aliphatic carbocycles. The van der Waals surface area contributed by atoms with Gasteiger partial charge in [-0.3, -0.25) is 4.79 Å². The fraction of sp³-hybridized carbons (Fsp3) is 0.500. The monoisotopic (exact) mass is 270 g/mol. The molecule has 18 heavy (non-hydrogen) atoms. The molecule has 0 heterocycles. The third-order valence-corrected chi connectivity index (χ3v) is 2.54. The molecule has 0 aliphatic heterocycles. The number of halogens is 1. The Balaban J connectivity index is 2.70. The van der Waals surface area contributed by atoms with Crippen LogP contribution < -0.4 is 0 Å². The Kier molecular flexibility index (Phi) is 6.94. The van der Waals surface area contributed by atoms with Crippen molar-refractivity contribution < 1.29 is 14.3 Å². The second kappa shape index (κ2) is 8.25. The smallest absolute Gasteiger partial charge is 0.222 e. The van der Waals surface area contributed by atoms with Gasteiger partial charge in [-0.15, -0.1) is 0 Å². The van der Waals surface area contributed by atoms with Crippen LogP contribution in [0.1, 0.15) is 37.0 Å². The second-order valence-electron chi connectivity index (χ2n) is 3.94. The van der Waals surface area contributed by atoms with Gasteiger partial charge in [-0.05, 0) is 37.1 Å². The maximum atomic E-state index is 12.2. The summed E-state index contributed by atoms with van der Waals surface area (Å²) in [6.45, 7) is 4.99. The molecule has 0 aromatic heterocycles. The summed E-state index contributed by atoms with van der Waals surface area (Å²) in [5, 5.41) is 0.604. The topological polar surface area (TPSA) is 35.5 Å². The zero-order chi connectivity index (χ0) is 13.4. The highest BCUT2D eigenvalue weighted by Crippen LogP contribution is 2.13. The molecule has 1 aromatic rings. The summed E-state index contributed by atoms with van der Waals surface area (Å²) in [4.78, 5) is 12.2. The predicted octanol–water partition coefficient (Wildman–Crippen LogP) is 3.70. The second-order valence-corrected chi connectivity index (χ2v) is 4.38. The van der Waals surface area contributed by atoms with E-state index >= 15 is 0 Å². The van der Waals surface area contributed by atoms with Gasteiger partial charge in [0.05, 0.1) is 0 Å². The van der Waals surface area contributed by atoms with Crippen LogP contribution in [0, 0.1) is 0 Å². The number of hydrogen-bond acceptors (Lipinski definition) is 3. The van der Waals surface area contributed by atoms with Gasteiger partial charge in [-0.2, -0.15) is 0 Å². The van der Waals surface area contributed by atoms with E-state index in [-0.39, 0.29) is 5.78 Å². The number of Topliss-reactive ketones (excluding diaryl/α,β-unsaturated/α-hetero) is 1. The minimum Gasteiger partial charge on any atom is -0.346 e. The van der Waals surface area contributed by atoms with Crippen molar-refractivity contribution in [1.29, 1.82) is 0 Å². The number of hydrogen-bond donors (Lipinski definition) is 0. The predicted molar refractivity (Wildman–Crippen MR) is 72.1 cm³/mol. The first kappa shape index (κ1) is 15.2. The molecular formula is C14H19ClO3. The van der Waals surface area contributed by atoms with E-state index in [0.717, 1.165) is 12.8 Å². The first-order valence-electron chi connectivity index (χ1n) is 6.22. The molecule has 0 atom stereocenters. The molecular weight excluding hydrogens is 252 g/mol. The number of carbonyl (C=O) groups is 1. The van der Waals surface area contributed by atoms with Gasteiger partial charge >= 0.3 is 0 Å². The van der Waals surface area contributed by atoms with Crippen LogP contribution in [-0.2, 0) is 9.47 Å². The highest BCUT2D eigenvalue weighted by Gasteiger charge is 2.20. The summed E-state index contributed by atoms with van der Waals surface area (Å²) in [6.07, 6.45) is 0.880. The molecule has 0 unspecified atom stereocenters. The van der Waals surface area contributed by atoms with Crippen molar-refractivity contribution in [3.8, 4) is 0 Å². The number of rotatable bonds is 8. The number of ketones is 1. The zero-order valence-electron chi connectivity index (χ0n) is 10.8. The highest BCUT2D eigenvalue weighted by molar-refractivity contribution is 6.30. The largest absolute Gasteiger partial charge is 0.346 e. The maximum absolute atomic E-state index is 12.2. The van der Waals surface area contributed by atoms with Crippen LogP contribution in [0.15, 0.2) is 24.3 Å². The van der Waals surface area contributed by atoms with Crippen molar-refractivity contribution in [2.75, 3.05) is 13.2 Å². The SMILES string of the molecule is CCCOC(OCCC)C(=O)c1ccc(Cl)cc1. The van der Waals surface area contributed by atoms with Crippen LogP contribution in [0.4, 0.5) is 0 Å². The summed E-state index contributed by atoms with van der Waals surface area (Å²) in [5.74, 6) is -0.159. The molecule has 0 saturated carbocycles. The summed E-state index contributed by atoms with van der Waals surface area (Å²) in [6, 6.07) is 6.74. The average Bonchev–Trinajstić information content (AvgIpc) is 2.39. The molecule has 3 nitrogen and oxygen atoms in total. The van der Waals surface area contributed by atoms with E-state index in [4.69, 9.17) is 21.1 Å². The molecule has 0 saturated heterocycles. The highest BCUT2D eigenvalue weighted by atomic mass is 35.5. The van der Waals surface area contributed by atoms with E-state index in [1.165, 1.54) is 0 Å². The van der Waals surface area contributed by atoms with Crippen LogP contribution >= 0.6 is 11.6 Å². The third-order valence-electron chi connectivity index (χ3n) is 2.29. The van der Waals surface area contributed by atoms with E-state index in [2.05, 4.69) is 0 Å². The fourth-order valence-electron chi connectivity index (χ4n) is 1.40. The van der Waals surface area contributed by atoms with E-state index in [1.807, 2.05) is 13.8 Å². The lowest BCUT2D eigenvalue weighted by atomic mass is 10.1. The van der Waals surface area contributed by atoms with Gasteiger partial charge in [-0.1, -0.05) is 25.4 Å². The molecule has 0 spiro atoms. The van der Waals surface area contributed by atoms with Crippen molar-refractivity contribution in [2.24, 2.45) is 0 Å². The maximum Gasteiger partial charge on any atom is 0.222 e. The molecule has 0 N–H and O–H groups in total. The Labute approximate surface area is 113 Å². The third kappa shape index (κ3) is 4.77. The molecule has 4 heteroatoms. The lowest BCUT2D eigenvalue weighted by molar-refractivity contribution is -0.114. The number of carbonyl (C=O) groups excluding carboxylic acids is 1. The Morgan fingerprint density at radius 2 is 1.61 bits per heavy atom. The van der Waals surface area contributed by atoms with Gasteiger partial charge in [0.25, 0.3) is 0 Å². The van der Waals surface area contributed by atoms with Gasteiger partial charge in [0.2, 0.25) is 12.1 Å². The molecule has 1 rings (SSSR count). The van der Waals surface area contributed by atoms with Crippen molar-refractivity contribution in [1.82, 2.24) is 0 Å². The molecule has 0 aliphatic rings. The van der Waals surface area contributed by atoms with Crippen molar-refractivity contribution in [3.05, 3.63) is 34.9 Å². The summed E-state index contributed by atoms with van der Waals surface area (Å²) in [7, 11) is 0. The Hall–Kier alpha value is -0.900. The van der Waals surface area contributed by atoms with Crippen LogP contribution in [0.25, 0.3) is 0 Å². The fourth-order valence-corrected chi connectivity index (χ4v) is 1.53. The number of ether oxygens (including phenoxy) is 2. The van der Waals surface area contributed by atoms with E-state index in [0.29, 0.717) is 23.8 Å². The number of benzene rings is 1. The molecule has 0 amide bonds. The molecule has 100 valence electrons. The van der Waals surface area contributed by atoms with Gasteiger partial charge in [0.15, 0.2) is 0 Å². The first-order valence-corrected chi connectivity index (χ1v) is 6.59. The Morgan fingerprint density at radius 3 is 2.06 bits per heavy atom. The Bertz CT molecular complexity index is 354. The van der Waals surface area contributed by atoms with E-state index in [1.54, 1.807) is 24.3 Å². The minimum absolute atomic E-state index is 0.159. The van der Waals surface area contributed by atoms with E-state index in [9.17, 15) is 4.79 Å². The first-order chi connectivity index (χ1) is 8.69.